The summed E-state index contributed by atoms with van der Waals surface area (Å²) in [5.41, 5.74) is 0.392. The number of carbonyl (C=O) groups is 1. The highest BCUT2D eigenvalue weighted by Gasteiger charge is 2.27. The summed E-state index contributed by atoms with van der Waals surface area (Å²) >= 11 is 0. The summed E-state index contributed by atoms with van der Waals surface area (Å²) in [6, 6.07) is 0. The van der Waals surface area contributed by atoms with Crippen LogP contribution in [0, 0.1) is 0 Å². The molecule has 2 atom stereocenters. The highest BCUT2D eigenvalue weighted by Crippen LogP contribution is 2.12. The first-order valence-corrected chi connectivity index (χ1v) is 5.37. The molecule has 86 valence electrons. The van der Waals surface area contributed by atoms with Crippen molar-refractivity contribution in [3.63, 3.8) is 0 Å². The van der Waals surface area contributed by atoms with Crippen LogP contribution in [0.5, 0.6) is 0 Å². The summed E-state index contributed by atoms with van der Waals surface area (Å²) < 4.78 is 5.57. The molecule has 2 rings (SSSR count). The molecule has 0 aromatic carbocycles. The van der Waals surface area contributed by atoms with Gasteiger partial charge in [-0.2, -0.15) is 0 Å². The molecule has 1 aromatic heterocycles. The molecule has 0 spiro atoms. The van der Waals surface area contributed by atoms with E-state index in [2.05, 4.69) is 9.97 Å². The van der Waals surface area contributed by atoms with Crippen LogP contribution in [-0.2, 0) is 4.74 Å². The van der Waals surface area contributed by atoms with Crippen molar-refractivity contribution in [1.82, 2.24) is 14.9 Å². The van der Waals surface area contributed by atoms with Crippen molar-refractivity contribution in [2.24, 2.45) is 0 Å². The fourth-order valence-corrected chi connectivity index (χ4v) is 1.92. The Balaban J connectivity index is 2.10. The predicted molar refractivity (Wildman–Crippen MR) is 57.9 cm³/mol. The lowest BCUT2D eigenvalue weighted by Crippen LogP contribution is -2.48. The second kappa shape index (κ2) is 4.57. The van der Waals surface area contributed by atoms with Gasteiger partial charge in [-0.25, -0.2) is 4.98 Å². The Kier molecular flexibility index (Phi) is 3.14. The predicted octanol–water partition coefficient (Wildman–Crippen LogP) is 0.726. The lowest BCUT2D eigenvalue weighted by molar-refractivity contribution is -0.0587. The third-order valence-electron chi connectivity index (χ3n) is 2.49. The highest BCUT2D eigenvalue weighted by atomic mass is 16.5. The van der Waals surface area contributed by atoms with E-state index in [1.807, 2.05) is 13.8 Å². The van der Waals surface area contributed by atoms with E-state index in [0.29, 0.717) is 18.8 Å². The zero-order valence-electron chi connectivity index (χ0n) is 9.46. The zero-order chi connectivity index (χ0) is 11.5. The molecule has 1 aliphatic heterocycles. The zero-order valence-corrected chi connectivity index (χ0v) is 9.46. The van der Waals surface area contributed by atoms with E-state index < -0.39 is 0 Å². The Morgan fingerprint density at radius 1 is 1.38 bits per heavy atom. The van der Waals surface area contributed by atoms with Crippen molar-refractivity contribution < 1.29 is 9.53 Å². The topological polar surface area (TPSA) is 55.3 Å². The molecule has 0 bridgehead atoms. The fraction of sp³-hybridized carbons (Fsp3) is 0.545. The Morgan fingerprint density at radius 3 is 2.62 bits per heavy atom. The number of aromatic nitrogens is 2. The molecule has 2 heterocycles. The maximum Gasteiger partial charge on any atom is 0.274 e. The minimum atomic E-state index is -0.0740. The van der Waals surface area contributed by atoms with Crippen LogP contribution in [0.15, 0.2) is 18.6 Å². The number of nitrogens with zero attached hydrogens (tertiary/aromatic N) is 3. The number of ether oxygens (including phenoxy) is 1. The summed E-state index contributed by atoms with van der Waals surface area (Å²) in [5.74, 6) is -0.0740. The van der Waals surface area contributed by atoms with Gasteiger partial charge in [-0.3, -0.25) is 9.78 Å². The average Bonchev–Trinajstić information content (AvgIpc) is 2.28. The second-order valence-electron chi connectivity index (χ2n) is 4.06. The standard InChI is InChI=1S/C11H15N3O2/c1-8-6-14(7-9(2)16-8)11(15)10-5-12-3-4-13-10/h3-5,8-9H,6-7H2,1-2H3/t8-,9-/m0/s1. The van der Waals surface area contributed by atoms with Gasteiger partial charge in [0.1, 0.15) is 5.69 Å². The maximum absolute atomic E-state index is 12.1. The number of morpholine rings is 1. The minimum Gasteiger partial charge on any atom is -0.372 e. The van der Waals surface area contributed by atoms with Gasteiger partial charge in [0.15, 0.2) is 0 Å². The SMILES string of the molecule is C[C@H]1CN(C(=O)c2cnccn2)C[C@H](C)O1. The van der Waals surface area contributed by atoms with Crippen LogP contribution in [0.2, 0.25) is 0 Å². The van der Waals surface area contributed by atoms with Gasteiger partial charge in [-0.05, 0) is 13.8 Å². The number of hydrogen-bond acceptors (Lipinski definition) is 4. The third kappa shape index (κ3) is 2.36. The smallest absolute Gasteiger partial charge is 0.274 e. The summed E-state index contributed by atoms with van der Waals surface area (Å²) in [6.07, 6.45) is 4.73. The summed E-state index contributed by atoms with van der Waals surface area (Å²) in [4.78, 5) is 21.7. The number of hydrogen-bond donors (Lipinski definition) is 0. The second-order valence-corrected chi connectivity index (χ2v) is 4.06. The molecule has 0 saturated carbocycles. The Labute approximate surface area is 94.5 Å². The van der Waals surface area contributed by atoms with E-state index in [1.54, 1.807) is 11.1 Å². The van der Waals surface area contributed by atoms with Crippen LogP contribution in [-0.4, -0.2) is 46.1 Å². The van der Waals surface area contributed by atoms with Crippen molar-refractivity contribution in [3.05, 3.63) is 24.3 Å². The van der Waals surface area contributed by atoms with Crippen LogP contribution >= 0.6 is 0 Å². The number of rotatable bonds is 1. The van der Waals surface area contributed by atoms with Crippen molar-refractivity contribution >= 4 is 5.91 Å². The molecule has 0 N–H and O–H groups in total. The highest BCUT2D eigenvalue weighted by molar-refractivity contribution is 5.92. The van der Waals surface area contributed by atoms with Gasteiger partial charge >= 0.3 is 0 Å². The molecule has 1 fully saturated rings. The third-order valence-corrected chi connectivity index (χ3v) is 2.49. The molecule has 1 saturated heterocycles. The lowest BCUT2D eigenvalue weighted by atomic mass is 10.2. The van der Waals surface area contributed by atoms with E-state index in [-0.39, 0.29) is 18.1 Å². The van der Waals surface area contributed by atoms with Gasteiger partial charge in [0, 0.05) is 25.5 Å². The van der Waals surface area contributed by atoms with E-state index in [0.717, 1.165) is 0 Å². The van der Waals surface area contributed by atoms with Crippen LogP contribution < -0.4 is 0 Å². The first-order chi connectivity index (χ1) is 7.66. The summed E-state index contributed by atoms with van der Waals surface area (Å²) in [6.45, 7) is 5.15. The van der Waals surface area contributed by atoms with E-state index >= 15 is 0 Å². The van der Waals surface area contributed by atoms with E-state index in [9.17, 15) is 4.79 Å². The van der Waals surface area contributed by atoms with E-state index in [4.69, 9.17) is 4.74 Å². The maximum atomic E-state index is 12.1. The molecule has 1 aliphatic rings. The molecule has 16 heavy (non-hydrogen) atoms. The monoisotopic (exact) mass is 221 g/mol. The normalized spacial score (nSPS) is 25.5. The van der Waals surface area contributed by atoms with Crippen LogP contribution in [0.1, 0.15) is 24.3 Å². The molecule has 5 nitrogen and oxygen atoms in total. The quantitative estimate of drug-likeness (QED) is 0.701. The van der Waals surface area contributed by atoms with Crippen molar-refractivity contribution in [2.45, 2.75) is 26.1 Å². The lowest BCUT2D eigenvalue weighted by Gasteiger charge is -2.35. The van der Waals surface area contributed by atoms with Gasteiger partial charge in [-0.1, -0.05) is 0 Å². The molecule has 0 aliphatic carbocycles. The average molecular weight is 221 g/mol. The molecule has 0 radical (unpaired) electrons. The summed E-state index contributed by atoms with van der Waals surface area (Å²) in [7, 11) is 0. The fourth-order valence-electron chi connectivity index (χ4n) is 1.92. The Hall–Kier alpha value is -1.49. The minimum absolute atomic E-state index is 0.0735. The van der Waals surface area contributed by atoms with Crippen LogP contribution in [0.4, 0.5) is 0 Å². The summed E-state index contributed by atoms with van der Waals surface area (Å²) in [5, 5.41) is 0. The largest absolute Gasteiger partial charge is 0.372 e. The van der Waals surface area contributed by atoms with Gasteiger partial charge in [-0.15, -0.1) is 0 Å². The molecular formula is C11H15N3O2. The number of amides is 1. The van der Waals surface area contributed by atoms with Gasteiger partial charge < -0.3 is 9.64 Å². The van der Waals surface area contributed by atoms with Crippen molar-refractivity contribution in [1.29, 1.82) is 0 Å². The Morgan fingerprint density at radius 2 is 2.06 bits per heavy atom. The molecule has 5 heteroatoms. The van der Waals surface area contributed by atoms with Gasteiger partial charge in [0.05, 0.1) is 18.4 Å². The molecule has 1 amide bonds. The van der Waals surface area contributed by atoms with Crippen molar-refractivity contribution in [2.75, 3.05) is 13.1 Å². The van der Waals surface area contributed by atoms with Gasteiger partial charge in [0.2, 0.25) is 0 Å². The first-order valence-electron chi connectivity index (χ1n) is 5.37. The number of carbonyl (C=O) groups excluding carboxylic acids is 1. The van der Waals surface area contributed by atoms with Crippen molar-refractivity contribution in [3.8, 4) is 0 Å². The van der Waals surface area contributed by atoms with Crippen LogP contribution in [0.25, 0.3) is 0 Å². The van der Waals surface area contributed by atoms with E-state index in [1.165, 1.54) is 12.4 Å². The molecule has 1 aromatic rings. The van der Waals surface area contributed by atoms with Crippen LogP contribution in [0.3, 0.4) is 0 Å². The Bertz CT molecular complexity index is 359. The first kappa shape index (κ1) is 11.0. The molecular weight excluding hydrogens is 206 g/mol. The van der Waals surface area contributed by atoms with Gasteiger partial charge in [0.25, 0.3) is 5.91 Å². The molecule has 0 unspecified atom stereocenters.